The number of nitro benzene ring substituents is 1. The van der Waals surface area contributed by atoms with Crippen molar-refractivity contribution in [2.24, 2.45) is 5.14 Å². The topological polar surface area (TPSA) is 154 Å². The number of primary sulfonamides is 1. The number of nitrogens with one attached hydrogen (secondary N) is 2. The van der Waals surface area contributed by atoms with Gasteiger partial charge in [0.2, 0.25) is 15.9 Å². The zero-order chi connectivity index (χ0) is 21.4. The molecule has 0 saturated heterocycles. The van der Waals surface area contributed by atoms with Crippen LogP contribution in [0.15, 0.2) is 47.4 Å². The molecule has 0 saturated carbocycles. The van der Waals surface area contributed by atoms with Crippen molar-refractivity contribution >= 4 is 27.3 Å². The van der Waals surface area contributed by atoms with E-state index in [1.165, 1.54) is 6.07 Å². The van der Waals surface area contributed by atoms with Crippen molar-refractivity contribution in [3.63, 3.8) is 0 Å². The Morgan fingerprint density at radius 1 is 1.24 bits per heavy atom. The van der Waals surface area contributed by atoms with Gasteiger partial charge in [0.15, 0.2) is 0 Å². The number of anilines is 1. The zero-order valence-corrected chi connectivity index (χ0v) is 16.6. The van der Waals surface area contributed by atoms with Crippen molar-refractivity contribution in [1.82, 2.24) is 5.32 Å². The van der Waals surface area contributed by atoms with Gasteiger partial charge in [-0.3, -0.25) is 14.9 Å². The molecule has 0 fully saturated rings. The smallest absolute Gasteiger partial charge is 0.293 e. The Morgan fingerprint density at radius 2 is 2.00 bits per heavy atom. The van der Waals surface area contributed by atoms with Gasteiger partial charge in [0.1, 0.15) is 11.4 Å². The van der Waals surface area contributed by atoms with Crippen LogP contribution in [-0.4, -0.2) is 32.4 Å². The highest BCUT2D eigenvalue weighted by Gasteiger charge is 2.19. The quantitative estimate of drug-likeness (QED) is 0.389. The standard InChI is InChI=1S/C18H22N4O6S/c1-2-28-14-5-3-4-13(10-14)12-21-18(23)8-9-20-16-7-6-15(29(19,26)27)11-17(16)22(24)25/h3-7,10-11,20H,2,8-9,12H2,1H3,(H,21,23)(H2,19,26,27). The number of nitrogens with two attached hydrogens (primary N) is 1. The molecule has 1 amide bonds. The van der Waals surface area contributed by atoms with E-state index in [1.807, 2.05) is 31.2 Å². The lowest BCUT2D eigenvalue weighted by Crippen LogP contribution is -2.25. The summed E-state index contributed by atoms with van der Waals surface area (Å²) in [5, 5.41) is 21.7. The number of sulfonamides is 1. The lowest BCUT2D eigenvalue weighted by Gasteiger charge is -2.10. The molecule has 2 rings (SSSR count). The Kier molecular flexibility index (Phi) is 7.51. The van der Waals surface area contributed by atoms with Crippen molar-refractivity contribution in [3.05, 3.63) is 58.1 Å². The Labute approximate surface area is 168 Å². The van der Waals surface area contributed by atoms with E-state index in [2.05, 4.69) is 10.6 Å². The molecule has 0 spiro atoms. The number of hydrogen-bond donors (Lipinski definition) is 3. The first-order valence-corrected chi connectivity index (χ1v) is 10.3. The molecule has 10 nitrogen and oxygen atoms in total. The van der Waals surface area contributed by atoms with Crippen LogP contribution in [0.25, 0.3) is 0 Å². The molecule has 0 radical (unpaired) electrons. The van der Waals surface area contributed by atoms with Crippen LogP contribution in [0.2, 0.25) is 0 Å². The molecule has 2 aromatic rings. The normalized spacial score (nSPS) is 11.0. The molecule has 11 heteroatoms. The van der Waals surface area contributed by atoms with Gasteiger partial charge in [-0.05, 0) is 36.8 Å². The van der Waals surface area contributed by atoms with Crippen molar-refractivity contribution in [2.75, 3.05) is 18.5 Å². The SMILES string of the molecule is CCOc1cccc(CNC(=O)CCNc2ccc(S(N)(=O)=O)cc2[N+](=O)[O-])c1. The van der Waals surface area contributed by atoms with E-state index in [9.17, 15) is 23.3 Å². The fourth-order valence-electron chi connectivity index (χ4n) is 2.50. The van der Waals surface area contributed by atoms with Gasteiger partial charge < -0.3 is 15.4 Å². The van der Waals surface area contributed by atoms with E-state index in [0.717, 1.165) is 23.4 Å². The predicted molar refractivity (Wildman–Crippen MR) is 107 cm³/mol. The summed E-state index contributed by atoms with van der Waals surface area (Å²) < 4.78 is 28.1. The summed E-state index contributed by atoms with van der Waals surface area (Å²) in [6.07, 6.45) is 0.0687. The van der Waals surface area contributed by atoms with Crippen LogP contribution in [0, 0.1) is 10.1 Å². The molecule has 2 aromatic carbocycles. The summed E-state index contributed by atoms with van der Waals surface area (Å²) >= 11 is 0. The van der Waals surface area contributed by atoms with Crippen LogP contribution in [0.1, 0.15) is 18.9 Å². The third kappa shape index (κ3) is 6.73. The fourth-order valence-corrected chi connectivity index (χ4v) is 3.03. The maximum atomic E-state index is 12.0. The minimum Gasteiger partial charge on any atom is -0.494 e. The van der Waals surface area contributed by atoms with Crippen LogP contribution in [0.5, 0.6) is 5.75 Å². The lowest BCUT2D eigenvalue weighted by molar-refractivity contribution is -0.384. The first-order valence-electron chi connectivity index (χ1n) is 8.74. The third-order valence-corrected chi connectivity index (χ3v) is 4.77. The van der Waals surface area contributed by atoms with Gasteiger partial charge in [-0.1, -0.05) is 12.1 Å². The van der Waals surface area contributed by atoms with E-state index in [1.54, 1.807) is 0 Å². The van der Waals surface area contributed by atoms with E-state index in [4.69, 9.17) is 9.88 Å². The molecule has 29 heavy (non-hydrogen) atoms. The highest BCUT2D eigenvalue weighted by atomic mass is 32.2. The Hall–Kier alpha value is -3.18. The largest absolute Gasteiger partial charge is 0.494 e. The minimum absolute atomic E-state index is 0.0687. The van der Waals surface area contributed by atoms with Gasteiger partial charge in [-0.2, -0.15) is 0 Å². The zero-order valence-electron chi connectivity index (χ0n) is 15.8. The Morgan fingerprint density at radius 3 is 2.66 bits per heavy atom. The first-order chi connectivity index (χ1) is 13.7. The molecule has 0 heterocycles. The fraction of sp³-hybridized carbons (Fsp3) is 0.278. The van der Waals surface area contributed by atoms with Gasteiger partial charge >= 0.3 is 0 Å². The van der Waals surface area contributed by atoms with Gasteiger partial charge in [-0.25, -0.2) is 13.6 Å². The molecule has 0 aliphatic carbocycles. The summed E-state index contributed by atoms with van der Waals surface area (Å²) in [6.45, 7) is 2.88. The number of ether oxygens (including phenoxy) is 1. The molecular formula is C18H22N4O6S. The van der Waals surface area contributed by atoms with E-state index in [-0.39, 0.29) is 29.5 Å². The molecule has 156 valence electrons. The number of amides is 1. The third-order valence-electron chi connectivity index (χ3n) is 3.86. The summed E-state index contributed by atoms with van der Waals surface area (Å²) in [4.78, 5) is 22.1. The van der Waals surface area contributed by atoms with Crippen LogP contribution < -0.4 is 20.5 Å². The van der Waals surface area contributed by atoms with Crippen molar-refractivity contribution in [1.29, 1.82) is 0 Å². The van der Waals surface area contributed by atoms with Crippen molar-refractivity contribution in [3.8, 4) is 5.75 Å². The number of hydrogen-bond acceptors (Lipinski definition) is 7. The summed E-state index contributed by atoms with van der Waals surface area (Å²) in [5.41, 5.74) is 0.538. The van der Waals surface area contributed by atoms with Crippen LogP contribution in [-0.2, 0) is 21.4 Å². The van der Waals surface area contributed by atoms with Crippen LogP contribution in [0.3, 0.4) is 0 Å². The lowest BCUT2D eigenvalue weighted by atomic mass is 10.2. The summed E-state index contributed by atoms with van der Waals surface area (Å²) in [7, 11) is -4.06. The number of nitrogens with zero attached hydrogens (tertiary/aromatic N) is 1. The molecule has 0 aliphatic rings. The Bertz CT molecular complexity index is 994. The summed E-state index contributed by atoms with van der Waals surface area (Å²) in [6, 6.07) is 10.6. The van der Waals surface area contributed by atoms with E-state index < -0.39 is 20.6 Å². The highest BCUT2D eigenvalue weighted by molar-refractivity contribution is 7.89. The summed E-state index contributed by atoms with van der Waals surface area (Å²) in [5.74, 6) is 0.472. The average Bonchev–Trinajstić information content (AvgIpc) is 2.66. The Balaban J connectivity index is 1.90. The second kappa shape index (κ2) is 9.85. The number of benzene rings is 2. The van der Waals surface area contributed by atoms with Gasteiger partial charge in [0.25, 0.3) is 5.69 Å². The number of rotatable bonds is 10. The predicted octanol–water partition coefficient (Wildman–Crippen LogP) is 1.76. The number of carbonyl (C=O) groups excluding carboxylic acids is 1. The highest BCUT2D eigenvalue weighted by Crippen LogP contribution is 2.27. The average molecular weight is 422 g/mol. The van der Waals surface area contributed by atoms with Gasteiger partial charge in [-0.15, -0.1) is 0 Å². The second-order valence-electron chi connectivity index (χ2n) is 6.01. The maximum Gasteiger partial charge on any atom is 0.293 e. The van der Waals surface area contributed by atoms with Gasteiger partial charge in [0, 0.05) is 25.6 Å². The monoisotopic (exact) mass is 422 g/mol. The minimum atomic E-state index is -4.06. The molecule has 0 aromatic heterocycles. The molecule has 0 aliphatic heterocycles. The first kappa shape index (κ1) is 22.1. The van der Waals surface area contributed by atoms with E-state index >= 15 is 0 Å². The van der Waals surface area contributed by atoms with Crippen LogP contribution in [0.4, 0.5) is 11.4 Å². The van der Waals surface area contributed by atoms with Crippen molar-refractivity contribution in [2.45, 2.75) is 24.8 Å². The van der Waals surface area contributed by atoms with E-state index in [0.29, 0.717) is 13.2 Å². The number of carbonyl (C=O) groups is 1. The van der Waals surface area contributed by atoms with Crippen molar-refractivity contribution < 1.29 is 22.9 Å². The molecule has 0 atom stereocenters. The van der Waals surface area contributed by atoms with Gasteiger partial charge in [0.05, 0.1) is 16.4 Å². The second-order valence-corrected chi connectivity index (χ2v) is 7.58. The maximum absolute atomic E-state index is 12.0. The molecular weight excluding hydrogens is 400 g/mol. The number of nitro groups is 1. The molecule has 0 bridgehead atoms. The molecule has 0 unspecified atom stereocenters. The van der Waals surface area contributed by atoms with Crippen LogP contribution >= 0.6 is 0 Å². The molecule has 4 N–H and O–H groups in total.